The molecule has 106 valence electrons. The lowest BCUT2D eigenvalue weighted by atomic mass is 10.1. The van der Waals surface area contributed by atoms with Gasteiger partial charge < -0.3 is 19.9 Å². The van der Waals surface area contributed by atoms with Crippen molar-refractivity contribution in [3.8, 4) is 0 Å². The Balaban J connectivity index is 2.28. The summed E-state index contributed by atoms with van der Waals surface area (Å²) in [6.45, 7) is 0.173. The predicted octanol–water partition coefficient (Wildman–Crippen LogP) is -0.278. The number of methoxy groups -OCH3 is 2. The second kappa shape index (κ2) is 5.64. The Labute approximate surface area is 109 Å². The smallest absolute Gasteiger partial charge is 0.351 e. The van der Waals surface area contributed by atoms with Gasteiger partial charge in [-0.05, 0) is 6.07 Å². The van der Waals surface area contributed by atoms with Crippen molar-refractivity contribution in [1.29, 1.82) is 0 Å². The van der Waals surface area contributed by atoms with Crippen LogP contribution in [0.15, 0.2) is 17.1 Å². The van der Waals surface area contributed by atoms with E-state index in [9.17, 15) is 9.18 Å². The quantitative estimate of drug-likeness (QED) is 0.812. The van der Waals surface area contributed by atoms with Crippen molar-refractivity contribution in [2.75, 3.05) is 26.6 Å². The maximum absolute atomic E-state index is 14.3. The molecule has 0 amide bonds. The van der Waals surface area contributed by atoms with Crippen LogP contribution in [0.25, 0.3) is 0 Å². The maximum atomic E-state index is 14.3. The number of rotatable bonds is 4. The summed E-state index contributed by atoms with van der Waals surface area (Å²) in [6.07, 6.45) is -2.61. The van der Waals surface area contributed by atoms with Crippen molar-refractivity contribution in [3.05, 3.63) is 22.7 Å². The molecule has 4 atom stereocenters. The molecule has 0 radical (unpaired) electrons. The monoisotopic (exact) mass is 273 g/mol. The molecular weight excluding hydrogens is 257 g/mol. The molecule has 1 unspecified atom stereocenters. The Kier molecular flexibility index (Phi) is 4.13. The van der Waals surface area contributed by atoms with Gasteiger partial charge in [-0.2, -0.15) is 4.98 Å². The highest BCUT2D eigenvalue weighted by Crippen LogP contribution is 2.32. The van der Waals surface area contributed by atoms with Gasteiger partial charge in [0.1, 0.15) is 18.0 Å². The molecular formula is C11H16FN3O4. The summed E-state index contributed by atoms with van der Waals surface area (Å²) in [4.78, 5) is 15.2. The first kappa shape index (κ1) is 13.9. The number of anilines is 1. The van der Waals surface area contributed by atoms with Crippen molar-refractivity contribution < 1.29 is 18.6 Å². The van der Waals surface area contributed by atoms with Crippen LogP contribution in [0, 0.1) is 0 Å². The molecule has 0 aliphatic carbocycles. The first-order valence-corrected chi connectivity index (χ1v) is 5.74. The van der Waals surface area contributed by atoms with E-state index in [1.54, 1.807) is 0 Å². The zero-order chi connectivity index (χ0) is 14.0. The molecule has 0 aromatic carbocycles. The molecule has 1 aliphatic rings. The average molecular weight is 273 g/mol. The predicted molar refractivity (Wildman–Crippen MR) is 64.4 cm³/mol. The fourth-order valence-corrected chi connectivity index (χ4v) is 2.12. The van der Waals surface area contributed by atoms with Crippen LogP contribution in [0.3, 0.4) is 0 Å². The number of ether oxygens (including phenoxy) is 3. The van der Waals surface area contributed by atoms with E-state index in [4.69, 9.17) is 19.9 Å². The van der Waals surface area contributed by atoms with Gasteiger partial charge in [0.2, 0.25) is 0 Å². The van der Waals surface area contributed by atoms with Crippen molar-refractivity contribution in [3.63, 3.8) is 0 Å². The minimum atomic E-state index is -1.49. The van der Waals surface area contributed by atoms with Crippen LogP contribution in [-0.4, -0.2) is 48.8 Å². The molecule has 1 saturated heterocycles. The van der Waals surface area contributed by atoms with Gasteiger partial charge >= 0.3 is 5.69 Å². The van der Waals surface area contributed by atoms with Crippen LogP contribution in [0.5, 0.6) is 0 Å². The zero-order valence-corrected chi connectivity index (χ0v) is 10.7. The van der Waals surface area contributed by atoms with Gasteiger partial charge in [0.15, 0.2) is 12.4 Å². The summed E-state index contributed by atoms with van der Waals surface area (Å²) in [7, 11) is 2.86. The summed E-state index contributed by atoms with van der Waals surface area (Å²) >= 11 is 0. The molecule has 7 nitrogen and oxygen atoms in total. The number of nitrogens with two attached hydrogens (primary N) is 1. The van der Waals surface area contributed by atoms with Gasteiger partial charge in [-0.1, -0.05) is 0 Å². The molecule has 8 heteroatoms. The van der Waals surface area contributed by atoms with E-state index in [1.165, 1.54) is 26.5 Å². The molecule has 1 aliphatic heterocycles. The minimum Gasteiger partial charge on any atom is -0.383 e. The number of nitrogens with zero attached hydrogens (tertiary/aromatic N) is 2. The Bertz CT molecular complexity index is 495. The van der Waals surface area contributed by atoms with E-state index >= 15 is 0 Å². The summed E-state index contributed by atoms with van der Waals surface area (Å²) in [5.74, 6) is 0.0754. The van der Waals surface area contributed by atoms with Gasteiger partial charge in [-0.15, -0.1) is 0 Å². The molecule has 2 rings (SSSR count). The van der Waals surface area contributed by atoms with Gasteiger partial charge in [0.25, 0.3) is 0 Å². The van der Waals surface area contributed by atoms with Crippen LogP contribution in [-0.2, 0) is 14.2 Å². The molecule has 19 heavy (non-hydrogen) atoms. The number of hydrogen-bond acceptors (Lipinski definition) is 6. The van der Waals surface area contributed by atoms with Crippen LogP contribution >= 0.6 is 0 Å². The number of hydrogen-bond donors (Lipinski definition) is 1. The van der Waals surface area contributed by atoms with Crippen LogP contribution in [0.2, 0.25) is 0 Å². The lowest BCUT2D eigenvalue weighted by molar-refractivity contribution is -0.0624. The minimum absolute atomic E-state index is 0.0754. The van der Waals surface area contributed by atoms with Crippen molar-refractivity contribution in [1.82, 2.24) is 9.55 Å². The average Bonchev–Trinajstić information content (AvgIpc) is 2.66. The molecule has 1 fully saturated rings. The van der Waals surface area contributed by atoms with E-state index in [-0.39, 0.29) is 12.4 Å². The molecule has 0 spiro atoms. The standard InChI is InChI=1S/C11H16FN3O4/c1-17-5-6-9(18-2)8(12)10(19-6)15-4-3-7(13)14-11(15)16/h3-4,6,8-10H,5H2,1-2H3,(H2,13,14,16)/t6-,8?,9+,10-/m1/s1. The number of alkyl halides is 1. The summed E-state index contributed by atoms with van der Waals surface area (Å²) in [6, 6.07) is 1.41. The summed E-state index contributed by atoms with van der Waals surface area (Å²) in [5, 5.41) is 0. The normalized spacial score (nSPS) is 30.7. The molecule has 2 heterocycles. The third-order valence-corrected chi connectivity index (χ3v) is 3.00. The zero-order valence-electron chi connectivity index (χ0n) is 10.7. The van der Waals surface area contributed by atoms with Gasteiger partial charge in [-0.25, -0.2) is 9.18 Å². The SMILES string of the molecule is COC[C@H]1O[C@@H](n2ccc(N)nc2=O)C(F)[C@H]1OC. The number of nitrogen functional groups attached to an aromatic ring is 1. The van der Waals surface area contributed by atoms with E-state index in [2.05, 4.69) is 4.98 Å². The highest BCUT2D eigenvalue weighted by atomic mass is 19.1. The third-order valence-electron chi connectivity index (χ3n) is 3.00. The van der Waals surface area contributed by atoms with E-state index < -0.39 is 30.3 Å². The molecule has 2 N–H and O–H groups in total. The van der Waals surface area contributed by atoms with Crippen molar-refractivity contribution >= 4 is 5.82 Å². The molecule has 0 bridgehead atoms. The van der Waals surface area contributed by atoms with E-state index in [1.807, 2.05) is 0 Å². The first-order valence-electron chi connectivity index (χ1n) is 5.74. The third kappa shape index (κ3) is 2.60. The van der Waals surface area contributed by atoms with Crippen molar-refractivity contribution in [2.45, 2.75) is 24.6 Å². The first-order chi connectivity index (χ1) is 9.08. The Hall–Kier alpha value is -1.51. The Morgan fingerprint density at radius 2 is 2.32 bits per heavy atom. The molecule has 0 saturated carbocycles. The topological polar surface area (TPSA) is 88.6 Å². The lowest BCUT2D eigenvalue weighted by Crippen LogP contribution is -2.35. The van der Waals surface area contributed by atoms with Crippen LogP contribution in [0.4, 0.5) is 10.2 Å². The maximum Gasteiger partial charge on any atom is 0.351 e. The lowest BCUT2D eigenvalue weighted by Gasteiger charge is -2.16. The summed E-state index contributed by atoms with van der Waals surface area (Å²) in [5.41, 5.74) is 4.72. The number of halogens is 1. The van der Waals surface area contributed by atoms with Crippen LogP contribution < -0.4 is 11.4 Å². The van der Waals surface area contributed by atoms with Crippen molar-refractivity contribution in [2.24, 2.45) is 0 Å². The van der Waals surface area contributed by atoms with Gasteiger partial charge in [0, 0.05) is 20.4 Å². The fourth-order valence-electron chi connectivity index (χ4n) is 2.12. The van der Waals surface area contributed by atoms with Gasteiger partial charge in [0.05, 0.1) is 6.61 Å². The highest BCUT2D eigenvalue weighted by molar-refractivity contribution is 5.23. The van der Waals surface area contributed by atoms with Crippen LogP contribution in [0.1, 0.15) is 6.23 Å². The molecule has 1 aromatic rings. The van der Waals surface area contributed by atoms with E-state index in [0.29, 0.717) is 0 Å². The number of aromatic nitrogens is 2. The van der Waals surface area contributed by atoms with Gasteiger partial charge in [-0.3, -0.25) is 4.57 Å². The summed E-state index contributed by atoms with van der Waals surface area (Å²) < 4.78 is 30.8. The molecule has 1 aromatic heterocycles. The second-order valence-corrected chi connectivity index (χ2v) is 4.21. The van der Waals surface area contributed by atoms with E-state index in [0.717, 1.165) is 4.57 Å². The highest BCUT2D eigenvalue weighted by Gasteiger charge is 2.46. The largest absolute Gasteiger partial charge is 0.383 e. The Morgan fingerprint density at radius 3 is 2.89 bits per heavy atom. The second-order valence-electron chi connectivity index (χ2n) is 4.21. The Morgan fingerprint density at radius 1 is 1.58 bits per heavy atom. The fraction of sp³-hybridized carbons (Fsp3) is 0.636.